The first-order valence-electron chi connectivity index (χ1n) is 10.8. The zero-order valence-electron chi connectivity index (χ0n) is 18.0. The number of hydrogen-bond acceptors (Lipinski definition) is 3. The Hall–Kier alpha value is -3.00. The molecule has 1 saturated carbocycles. The van der Waals surface area contributed by atoms with Crippen LogP contribution in [0.1, 0.15) is 41.6 Å². The van der Waals surface area contributed by atoms with E-state index in [2.05, 4.69) is 20.8 Å². The van der Waals surface area contributed by atoms with E-state index in [1.54, 1.807) is 0 Å². The summed E-state index contributed by atoms with van der Waals surface area (Å²) >= 11 is 5.73. The highest BCUT2D eigenvalue weighted by Gasteiger charge is 2.29. The fourth-order valence-electron chi connectivity index (χ4n) is 4.22. The minimum Gasteiger partial charge on any atom is -0.368 e. The maximum absolute atomic E-state index is 14.4. The summed E-state index contributed by atoms with van der Waals surface area (Å²) in [6, 6.07) is 9.76. The molecule has 0 radical (unpaired) electrons. The number of nitrogens with zero attached hydrogens (tertiary/aromatic N) is 1. The van der Waals surface area contributed by atoms with E-state index in [9.17, 15) is 18.0 Å². The highest BCUT2D eigenvalue weighted by Crippen LogP contribution is 2.31. The Morgan fingerprint density at radius 3 is 2.48 bits per heavy atom. The first-order valence-corrected chi connectivity index (χ1v) is 11.2. The maximum atomic E-state index is 14.4. The molecule has 3 N–H and O–H groups in total. The monoisotopic (exact) mass is 476 g/mol. The summed E-state index contributed by atoms with van der Waals surface area (Å²) in [5.41, 5.74) is 0.852. The maximum Gasteiger partial charge on any atom is 0.256 e. The van der Waals surface area contributed by atoms with E-state index in [-0.39, 0.29) is 6.04 Å². The zero-order chi connectivity index (χ0) is 23.5. The van der Waals surface area contributed by atoms with Crippen molar-refractivity contribution in [3.05, 3.63) is 70.1 Å². The Balaban J connectivity index is 1.32. The number of nitrogens with one attached hydrogen (secondary N) is 3. The van der Waals surface area contributed by atoms with Gasteiger partial charge in [-0.3, -0.25) is 9.89 Å². The van der Waals surface area contributed by atoms with Gasteiger partial charge in [0.25, 0.3) is 5.91 Å². The largest absolute Gasteiger partial charge is 0.368 e. The minimum absolute atomic E-state index is 0.192. The molecule has 1 amide bonds. The highest BCUT2D eigenvalue weighted by molar-refractivity contribution is 6.34. The number of carbonyl (C=O) groups excluding carboxylic acids is 1. The minimum atomic E-state index is -1.41. The summed E-state index contributed by atoms with van der Waals surface area (Å²) in [4.78, 5) is 12.6. The van der Waals surface area contributed by atoms with Crippen molar-refractivity contribution < 1.29 is 18.0 Å². The average Bonchev–Trinajstić information content (AvgIpc) is 3.30. The standard InChI is InChI=1S/C24H24ClF3N4O/c1-13-20(26)18(19(25)22(28)21(13)27)24(33)31-16-9-7-14(8-10-16)11-29-23-17(12-30-32-23)15-5-3-2-4-6-15/h2-6,12,14,16H,7-11H2,1H3,(H,31,33)(H2,29,30,32). The van der Waals surface area contributed by atoms with Crippen LogP contribution >= 0.6 is 11.6 Å². The molecule has 0 spiro atoms. The van der Waals surface area contributed by atoms with Crippen LogP contribution in [0.3, 0.4) is 0 Å². The molecule has 4 rings (SSSR count). The molecule has 0 atom stereocenters. The summed E-state index contributed by atoms with van der Waals surface area (Å²) < 4.78 is 41.9. The summed E-state index contributed by atoms with van der Waals surface area (Å²) in [6.45, 7) is 1.80. The molecule has 5 nitrogen and oxygen atoms in total. The van der Waals surface area contributed by atoms with Crippen molar-refractivity contribution in [2.45, 2.75) is 38.6 Å². The van der Waals surface area contributed by atoms with E-state index in [4.69, 9.17) is 11.6 Å². The first-order chi connectivity index (χ1) is 15.9. The summed E-state index contributed by atoms with van der Waals surface area (Å²) in [6.07, 6.45) is 4.92. The molecule has 2 aromatic carbocycles. The van der Waals surface area contributed by atoms with Crippen molar-refractivity contribution in [2.24, 2.45) is 5.92 Å². The van der Waals surface area contributed by atoms with E-state index < -0.39 is 39.5 Å². The number of aromatic amines is 1. The number of H-pyrrole nitrogens is 1. The van der Waals surface area contributed by atoms with Gasteiger partial charge in [-0.2, -0.15) is 5.10 Å². The highest BCUT2D eigenvalue weighted by atomic mass is 35.5. The number of aromatic nitrogens is 2. The molecule has 1 heterocycles. The molecule has 3 aromatic rings. The molecule has 33 heavy (non-hydrogen) atoms. The summed E-state index contributed by atoms with van der Waals surface area (Å²) in [7, 11) is 0. The van der Waals surface area contributed by atoms with Crippen LogP contribution in [0.4, 0.5) is 19.0 Å². The third kappa shape index (κ3) is 4.85. The lowest BCUT2D eigenvalue weighted by Gasteiger charge is -2.29. The van der Waals surface area contributed by atoms with Gasteiger partial charge in [0.2, 0.25) is 0 Å². The van der Waals surface area contributed by atoms with Crippen molar-refractivity contribution in [2.75, 3.05) is 11.9 Å². The van der Waals surface area contributed by atoms with Crippen LogP contribution in [-0.2, 0) is 0 Å². The number of amides is 1. The normalized spacial score (nSPS) is 18.2. The van der Waals surface area contributed by atoms with Gasteiger partial charge in [-0.25, -0.2) is 13.2 Å². The van der Waals surface area contributed by atoms with E-state index in [1.807, 2.05) is 36.5 Å². The van der Waals surface area contributed by atoms with Gasteiger partial charge in [-0.1, -0.05) is 41.9 Å². The lowest BCUT2D eigenvalue weighted by Crippen LogP contribution is -2.39. The molecule has 1 aromatic heterocycles. The average molecular weight is 477 g/mol. The molecule has 1 fully saturated rings. The van der Waals surface area contributed by atoms with Crippen LogP contribution in [0.5, 0.6) is 0 Å². The molecule has 0 unspecified atom stereocenters. The number of rotatable bonds is 6. The Morgan fingerprint density at radius 1 is 1.09 bits per heavy atom. The van der Waals surface area contributed by atoms with Crippen molar-refractivity contribution >= 4 is 23.3 Å². The summed E-state index contributed by atoms with van der Waals surface area (Å²) in [5, 5.41) is 12.5. The molecule has 0 saturated heterocycles. The Kier molecular flexibility index (Phi) is 6.93. The molecule has 9 heteroatoms. The van der Waals surface area contributed by atoms with E-state index >= 15 is 0 Å². The van der Waals surface area contributed by atoms with Crippen LogP contribution in [0.15, 0.2) is 36.5 Å². The van der Waals surface area contributed by atoms with Gasteiger partial charge in [-0.15, -0.1) is 0 Å². The van der Waals surface area contributed by atoms with Crippen LogP contribution in [0.2, 0.25) is 5.02 Å². The zero-order valence-corrected chi connectivity index (χ0v) is 18.8. The Bertz CT molecular complexity index is 1120. The third-order valence-corrected chi connectivity index (χ3v) is 6.53. The smallest absolute Gasteiger partial charge is 0.256 e. The van der Waals surface area contributed by atoms with Crippen LogP contribution in [-0.4, -0.2) is 28.7 Å². The second kappa shape index (κ2) is 9.87. The SMILES string of the molecule is Cc1c(F)c(F)c(Cl)c(C(=O)NC2CCC(CNc3n[nH]cc3-c3ccccc3)CC2)c1F. The van der Waals surface area contributed by atoms with Gasteiger partial charge in [0.05, 0.1) is 10.6 Å². The molecule has 1 aliphatic rings. The third-order valence-electron chi connectivity index (χ3n) is 6.18. The molecule has 0 bridgehead atoms. The van der Waals surface area contributed by atoms with E-state index in [0.29, 0.717) is 18.8 Å². The van der Waals surface area contributed by atoms with Crippen LogP contribution in [0.25, 0.3) is 11.1 Å². The van der Waals surface area contributed by atoms with Gasteiger partial charge >= 0.3 is 0 Å². The van der Waals surface area contributed by atoms with Crippen molar-refractivity contribution in [3.63, 3.8) is 0 Å². The quantitative estimate of drug-likeness (QED) is 0.308. The van der Waals surface area contributed by atoms with Crippen molar-refractivity contribution in [3.8, 4) is 11.1 Å². The van der Waals surface area contributed by atoms with Gasteiger partial charge in [-0.05, 0) is 44.1 Å². The van der Waals surface area contributed by atoms with Gasteiger partial charge in [0.15, 0.2) is 17.5 Å². The van der Waals surface area contributed by atoms with Crippen molar-refractivity contribution in [1.29, 1.82) is 0 Å². The second-order valence-corrected chi connectivity index (χ2v) is 8.72. The number of anilines is 1. The van der Waals surface area contributed by atoms with Crippen molar-refractivity contribution in [1.82, 2.24) is 15.5 Å². The number of benzene rings is 2. The number of hydrogen-bond donors (Lipinski definition) is 3. The lowest BCUT2D eigenvalue weighted by atomic mass is 9.86. The fourth-order valence-corrected chi connectivity index (χ4v) is 4.47. The molecule has 174 valence electrons. The Morgan fingerprint density at radius 2 is 1.79 bits per heavy atom. The molecular formula is C24H24ClF3N4O. The van der Waals surface area contributed by atoms with E-state index in [1.165, 1.54) is 0 Å². The van der Waals surface area contributed by atoms with Crippen LogP contribution in [0, 0.1) is 30.3 Å². The molecule has 0 aliphatic heterocycles. The van der Waals surface area contributed by atoms with Gasteiger partial charge in [0, 0.05) is 29.9 Å². The molecule has 1 aliphatic carbocycles. The predicted octanol–water partition coefficient (Wildman–Crippen LogP) is 5.86. The lowest BCUT2D eigenvalue weighted by molar-refractivity contribution is 0.0918. The van der Waals surface area contributed by atoms with Crippen LogP contribution < -0.4 is 10.6 Å². The Labute approximate surface area is 194 Å². The van der Waals surface area contributed by atoms with E-state index in [0.717, 1.165) is 43.3 Å². The predicted molar refractivity (Wildman–Crippen MR) is 122 cm³/mol. The fraction of sp³-hybridized carbons (Fsp3) is 0.333. The first kappa shape index (κ1) is 23.2. The van der Waals surface area contributed by atoms with Gasteiger partial charge < -0.3 is 10.6 Å². The topological polar surface area (TPSA) is 69.8 Å². The number of halogens is 4. The van der Waals surface area contributed by atoms with Gasteiger partial charge in [0.1, 0.15) is 5.82 Å². The summed E-state index contributed by atoms with van der Waals surface area (Å²) in [5.74, 6) is -3.59. The number of carbonyl (C=O) groups is 1. The molecular weight excluding hydrogens is 453 g/mol. The second-order valence-electron chi connectivity index (χ2n) is 8.34.